The van der Waals surface area contributed by atoms with Crippen LogP contribution in [0.2, 0.25) is 0 Å². The van der Waals surface area contributed by atoms with Crippen LogP contribution in [0.1, 0.15) is 0 Å². The van der Waals surface area contributed by atoms with Crippen molar-refractivity contribution in [1.82, 2.24) is 0 Å². The van der Waals surface area contributed by atoms with E-state index in [4.69, 9.17) is 5.14 Å². The molecule has 3 nitrogen and oxygen atoms in total. The summed E-state index contributed by atoms with van der Waals surface area (Å²) in [6.07, 6.45) is 0. The summed E-state index contributed by atoms with van der Waals surface area (Å²) in [5, 5.41) is 5.20. The maximum atomic E-state index is 11.5. The summed E-state index contributed by atoms with van der Waals surface area (Å²) in [7, 11) is -3.70. The van der Waals surface area contributed by atoms with E-state index in [0.717, 1.165) is 9.37 Å². The highest BCUT2D eigenvalue weighted by molar-refractivity contribution is 9.10. The minimum absolute atomic E-state index is 0.144. The topological polar surface area (TPSA) is 60.2 Å². The third kappa shape index (κ3) is 3.14. The Balaban J connectivity index is 2.45. The molecule has 0 saturated heterocycles. The van der Waals surface area contributed by atoms with Gasteiger partial charge in [-0.25, -0.2) is 13.6 Å². The Morgan fingerprint density at radius 3 is 2.11 bits per heavy atom. The zero-order valence-electron chi connectivity index (χ0n) is 9.21. The van der Waals surface area contributed by atoms with Gasteiger partial charge in [-0.15, -0.1) is 0 Å². The van der Waals surface area contributed by atoms with Crippen molar-refractivity contribution in [3.8, 4) is 0 Å². The smallest absolute Gasteiger partial charge is 0.225 e. The van der Waals surface area contributed by atoms with Gasteiger partial charge in [0.2, 0.25) is 10.0 Å². The predicted molar refractivity (Wildman–Crippen MR) is 76.1 cm³/mol. The van der Waals surface area contributed by atoms with Crippen LogP contribution in [0.5, 0.6) is 0 Å². The summed E-state index contributed by atoms with van der Waals surface area (Å²) >= 11 is 4.79. The van der Waals surface area contributed by atoms with Gasteiger partial charge in [-0.3, -0.25) is 0 Å². The molecule has 0 aromatic heterocycles. The number of halogens is 1. The molecule has 0 fully saturated rings. The van der Waals surface area contributed by atoms with Gasteiger partial charge in [-0.1, -0.05) is 36.0 Å². The molecule has 0 aliphatic heterocycles. The molecule has 0 unspecified atom stereocenters. The van der Waals surface area contributed by atoms with Gasteiger partial charge in [0.05, 0.1) is 4.90 Å². The van der Waals surface area contributed by atoms with Crippen molar-refractivity contribution in [2.24, 2.45) is 5.14 Å². The highest BCUT2D eigenvalue weighted by Gasteiger charge is 2.14. The maximum Gasteiger partial charge on any atom is 0.239 e. The zero-order valence-corrected chi connectivity index (χ0v) is 12.4. The molecule has 2 aromatic carbocycles. The maximum absolute atomic E-state index is 11.5. The van der Waals surface area contributed by atoms with Crippen LogP contribution in [0.4, 0.5) is 0 Å². The summed E-state index contributed by atoms with van der Waals surface area (Å²) in [5.41, 5.74) is 0. The Bertz CT molecular complexity index is 671. The normalized spacial score (nSPS) is 11.4. The van der Waals surface area contributed by atoms with Gasteiger partial charge in [0.25, 0.3) is 0 Å². The first-order chi connectivity index (χ1) is 8.48. The number of hydrogen-bond acceptors (Lipinski definition) is 3. The largest absolute Gasteiger partial charge is 0.239 e. The van der Waals surface area contributed by atoms with Crippen LogP contribution in [-0.4, -0.2) is 8.42 Å². The second kappa shape index (κ2) is 5.44. The van der Waals surface area contributed by atoms with E-state index in [1.54, 1.807) is 18.2 Å². The van der Waals surface area contributed by atoms with E-state index >= 15 is 0 Å². The number of sulfonamides is 1. The van der Waals surface area contributed by atoms with Crippen LogP contribution < -0.4 is 5.14 Å². The monoisotopic (exact) mass is 343 g/mol. The predicted octanol–water partition coefficient (Wildman–Crippen LogP) is 3.25. The van der Waals surface area contributed by atoms with Gasteiger partial charge in [0.15, 0.2) is 0 Å². The van der Waals surface area contributed by atoms with Crippen LogP contribution in [0.25, 0.3) is 0 Å². The lowest BCUT2D eigenvalue weighted by Crippen LogP contribution is -2.13. The van der Waals surface area contributed by atoms with Gasteiger partial charge < -0.3 is 0 Å². The Hall–Kier alpha value is -0.820. The van der Waals surface area contributed by atoms with Crippen LogP contribution in [0, 0.1) is 0 Å². The van der Waals surface area contributed by atoms with E-state index in [2.05, 4.69) is 15.9 Å². The number of nitrogens with two attached hydrogens (primary N) is 1. The summed E-state index contributed by atoms with van der Waals surface area (Å²) in [6, 6.07) is 14.3. The average Bonchev–Trinajstić information content (AvgIpc) is 2.31. The minimum atomic E-state index is -3.70. The first kappa shape index (κ1) is 13.6. The summed E-state index contributed by atoms with van der Waals surface area (Å²) in [4.78, 5) is 1.70. The van der Waals surface area contributed by atoms with Crippen molar-refractivity contribution in [3.05, 3.63) is 53.0 Å². The lowest BCUT2D eigenvalue weighted by molar-refractivity contribution is 0.596. The van der Waals surface area contributed by atoms with Crippen LogP contribution in [-0.2, 0) is 10.0 Å². The standard InChI is InChI=1S/C12H10BrNO2S2/c13-9-5-1-2-6-10(9)17-11-7-3-4-8-12(11)18(14,15)16/h1-8H,(H2,14,15,16). The SMILES string of the molecule is NS(=O)(=O)c1ccccc1Sc1ccccc1Br. The fraction of sp³-hybridized carbons (Fsp3) is 0. The third-order valence-corrected chi connectivity index (χ3v) is 5.42. The zero-order chi connectivity index (χ0) is 13.2. The van der Waals surface area contributed by atoms with E-state index < -0.39 is 10.0 Å². The number of primary sulfonamides is 1. The molecule has 0 radical (unpaired) electrons. The van der Waals surface area contributed by atoms with Gasteiger partial charge >= 0.3 is 0 Å². The van der Waals surface area contributed by atoms with E-state index in [1.165, 1.54) is 17.8 Å². The van der Waals surface area contributed by atoms with E-state index in [-0.39, 0.29) is 4.90 Å². The number of benzene rings is 2. The molecule has 2 rings (SSSR count). The van der Waals surface area contributed by atoms with Crippen molar-refractivity contribution in [2.45, 2.75) is 14.7 Å². The van der Waals surface area contributed by atoms with E-state index in [1.807, 2.05) is 24.3 Å². The Kier molecular flexibility index (Phi) is 4.11. The molecule has 0 spiro atoms. The van der Waals surface area contributed by atoms with E-state index in [0.29, 0.717) is 4.90 Å². The molecule has 0 saturated carbocycles. The Morgan fingerprint density at radius 1 is 0.944 bits per heavy atom. The molecule has 0 aliphatic carbocycles. The fourth-order valence-corrected chi connectivity index (χ4v) is 3.90. The lowest BCUT2D eigenvalue weighted by atomic mass is 10.4. The van der Waals surface area contributed by atoms with Gasteiger partial charge in [0, 0.05) is 14.3 Å². The van der Waals surface area contributed by atoms with Crippen molar-refractivity contribution < 1.29 is 8.42 Å². The van der Waals surface area contributed by atoms with Gasteiger partial charge in [-0.05, 0) is 40.2 Å². The molecule has 0 heterocycles. The molecule has 2 aromatic rings. The first-order valence-corrected chi connectivity index (χ1v) is 8.18. The van der Waals surface area contributed by atoms with Crippen LogP contribution in [0.3, 0.4) is 0 Å². The van der Waals surface area contributed by atoms with Crippen molar-refractivity contribution in [1.29, 1.82) is 0 Å². The molecule has 2 N–H and O–H groups in total. The Morgan fingerprint density at radius 2 is 1.50 bits per heavy atom. The van der Waals surface area contributed by atoms with Crippen LogP contribution in [0.15, 0.2) is 67.7 Å². The second-order valence-electron chi connectivity index (χ2n) is 3.52. The molecule has 18 heavy (non-hydrogen) atoms. The summed E-state index contributed by atoms with van der Waals surface area (Å²) in [5.74, 6) is 0. The second-order valence-corrected chi connectivity index (χ2v) is 6.99. The van der Waals surface area contributed by atoms with Crippen molar-refractivity contribution in [3.63, 3.8) is 0 Å². The number of rotatable bonds is 3. The molecule has 0 amide bonds. The molecule has 6 heteroatoms. The third-order valence-electron chi connectivity index (χ3n) is 2.21. The summed E-state index contributed by atoms with van der Waals surface area (Å²) < 4.78 is 23.9. The molecular weight excluding hydrogens is 334 g/mol. The highest BCUT2D eigenvalue weighted by Crippen LogP contribution is 2.36. The van der Waals surface area contributed by atoms with Crippen molar-refractivity contribution >= 4 is 37.7 Å². The molecule has 0 atom stereocenters. The molecule has 94 valence electrons. The molecule has 0 bridgehead atoms. The van der Waals surface area contributed by atoms with Crippen molar-refractivity contribution in [2.75, 3.05) is 0 Å². The average molecular weight is 344 g/mol. The van der Waals surface area contributed by atoms with Gasteiger partial charge in [0.1, 0.15) is 0 Å². The Labute approximate surface area is 119 Å². The highest BCUT2D eigenvalue weighted by atomic mass is 79.9. The molecular formula is C12H10BrNO2S2. The first-order valence-electron chi connectivity index (χ1n) is 5.03. The van der Waals surface area contributed by atoms with E-state index in [9.17, 15) is 8.42 Å². The quantitative estimate of drug-likeness (QED) is 0.930. The molecule has 0 aliphatic rings. The summed E-state index contributed by atoms with van der Waals surface area (Å²) in [6.45, 7) is 0. The lowest BCUT2D eigenvalue weighted by Gasteiger charge is -2.08. The van der Waals surface area contributed by atoms with Gasteiger partial charge in [-0.2, -0.15) is 0 Å². The minimum Gasteiger partial charge on any atom is -0.225 e. The van der Waals surface area contributed by atoms with Crippen LogP contribution >= 0.6 is 27.7 Å². The fourth-order valence-electron chi connectivity index (χ4n) is 1.42. The number of hydrogen-bond donors (Lipinski definition) is 1.